The van der Waals surface area contributed by atoms with Crippen LogP contribution in [0.5, 0.6) is 0 Å². The van der Waals surface area contributed by atoms with Crippen LogP contribution in [-0.4, -0.2) is 56.8 Å². The zero-order valence-electron chi connectivity index (χ0n) is 23.0. The molecule has 0 bridgehead atoms. The van der Waals surface area contributed by atoms with Crippen LogP contribution in [0.15, 0.2) is 71.1 Å². The second-order valence-electron chi connectivity index (χ2n) is 9.90. The number of imidazole rings is 2. The minimum Gasteiger partial charge on any atom is -0.460 e. The molecule has 216 valence electrons. The van der Waals surface area contributed by atoms with Crippen LogP contribution in [0.1, 0.15) is 29.9 Å². The van der Waals surface area contributed by atoms with E-state index in [0.29, 0.717) is 83.5 Å². The number of aromatic nitrogens is 8. The molecule has 14 nitrogen and oxygen atoms in total. The minimum absolute atomic E-state index is 0.0175. The van der Waals surface area contributed by atoms with Crippen LogP contribution < -0.4 is 11.5 Å². The van der Waals surface area contributed by atoms with Gasteiger partial charge in [0.1, 0.15) is 46.8 Å². The second-order valence-corrected chi connectivity index (χ2v) is 9.90. The molecule has 0 amide bonds. The maximum absolute atomic E-state index is 12.6. The molecule has 0 aliphatic carbocycles. The Balaban J connectivity index is 0.970. The molecular formula is C29H27N11O3. The van der Waals surface area contributed by atoms with E-state index in [1.807, 2.05) is 24.3 Å². The molecule has 0 saturated carbocycles. The van der Waals surface area contributed by atoms with Gasteiger partial charge in [-0.2, -0.15) is 0 Å². The highest BCUT2D eigenvalue weighted by Crippen LogP contribution is 2.18. The van der Waals surface area contributed by atoms with Crippen LogP contribution in [0.25, 0.3) is 22.3 Å². The summed E-state index contributed by atoms with van der Waals surface area (Å²) in [6.07, 6.45) is 8.68. The van der Waals surface area contributed by atoms with E-state index in [1.165, 1.54) is 12.7 Å². The fraction of sp³-hybridized carbons (Fsp3) is 0.207. The van der Waals surface area contributed by atoms with E-state index in [2.05, 4.69) is 34.9 Å². The van der Waals surface area contributed by atoms with Gasteiger partial charge in [-0.15, -0.1) is 0 Å². The third-order valence-corrected chi connectivity index (χ3v) is 6.85. The monoisotopic (exact) mass is 577 g/mol. The molecule has 0 atom stereocenters. The Labute approximate surface area is 244 Å². The summed E-state index contributed by atoms with van der Waals surface area (Å²) in [6, 6.07) is 11.0. The van der Waals surface area contributed by atoms with E-state index in [1.54, 1.807) is 40.1 Å². The molecule has 5 aromatic heterocycles. The number of hydrogen-bond donors (Lipinski definition) is 2. The van der Waals surface area contributed by atoms with Crippen molar-refractivity contribution in [2.75, 3.05) is 11.5 Å². The van der Waals surface area contributed by atoms with Gasteiger partial charge in [-0.1, -0.05) is 12.1 Å². The summed E-state index contributed by atoms with van der Waals surface area (Å²) in [7, 11) is 0. The van der Waals surface area contributed by atoms with Gasteiger partial charge < -0.3 is 25.0 Å². The molecule has 43 heavy (non-hydrogen) atoms. The average Bonchev–Trinajstić information content (AvgIpc) is 3.74. The number of nitrogens with zero attached hydrogens (tertiary/aromatic N) is 9. The van der Waals surface area contributed by atoms with Crippen molar-refractivity contribution in [3.8, 4) is 0 Å². The average molecular weight is 578 g/mol. The first-order valence-corrected chi connectivity index (χ1v) is 13.5. The van der Waals surface area contributed by atoms with Crippen LogP contribution >= 0.6 is 0 Å². The molecule has 6 aromatic rings. The van der Waals surface area contributed by atoms with E-state index in [-0.39, 0.29) is 18.0 Å². The van der Waals surface area contributed by atoms with Gasteiger partial charge in [-0.25, -0.2) is 29.9 Å². The molecule has 0 aliphatic heterocycles. The SMILES string of the molecule is Nc1ncnc2c1ncn2CCC(=O)Cc1ccc(N=Cc2ccc(CC(=O)CCn3cnc4c(N)ncnc43)o2)cc1. The molecule has 0 spiro atoms. The van der Waals surface area contributed by atoms with Crippen LogP contribution in [-0.2, 0) is 35.5 Å². The number of ketones is 2. The van der Waals surface area contributed by atoms with Crippen molar-refractivity contribution in [2.24, 2.45) is 4.99 Å². The standard InChI is InChI=1S/C29H27N11O3/c30-26-24-28(35-14-33-26)39(16-37-24)9-7-20(41)11-18-1-3-19(4-2-18)32-13-23-6-5-22(43-23)12-21(42)8-10-40-17-38-25-27(31)34-15-36-29(25)40/h1-6,13-17H,7-12H2,(H2,30,33,35)(H2,31,34,36). The van der Waals surface area contributed by atoms with Crippen molar-refractivity contribution in [1.82, 2.24) is 39.0 Å². The zero-order chi connectivity index (χ0) is 29.8. The molecule has 4 N–H and O–H groups in total. The number of Topliss-reactive ketones (excluding diaryl/α,β-unsaturated/α-hetero) is 2. The minimum atomic E-state index is 0.0175. The highest BCUT2D eigenvalue weighted by Gasteiger charge is 2.12. The van der Waals surface area contributed by atoms with Gasteiger partial charge in [0.25, 0.3) is 0 Å². The van der Waals surface area contributed by atoms with Crippen molar-refractivity contribution in [1.29, 1.82) is 0 Å². The van der Waals surface area contributed by atoms with Crippen LogP contribution in [0.4, 0.5) is 17.3 Å². The van der Waals surface area contributed by atoms with Gasteiger partial charge in [0, 0.05) is 32.4 Å². The van der Waals surface area contributed by atoms with E-state index in [0.717, 1.165) is 5.56 Å². The maximum atomic E-state index is 12.6. The zero-order valence-corrected chi connectivity index (χ0v) is 23.0. The van der Waals surface area contributed by atoms with Gasteiger partial charge in [-0.05, 0) is 29.8 Å². The lowest BCUT2D eigenvalue weighted by atomic mass is 10.1. The quantitative estimate of drug-likeness (QED) is 0.203. The van der Waals surface area contributed by atoms with Crippen LogP contribution in [0, 0.1) is 0 Å². The number of nitrogens with two attached hydrogens (primary N) is 2. The van der Waals surface area contributed by atoms with Crippen LogP contribution in [0.3, 0.4) is 0 Å². The Bertz CT molecular complexity index is 1950. The van der Waals surface area contributed by atoms with Gasteiger partial charge in [-0.3, -0.25) is 14.6 Å². The number of aliphatic imine (C=N–C) groups is 1. The Morgan fingerprint density at radius 1 is 0.744 bits per heavy atom. The molecule has 0 saturated heterocycles. The summed E-state index contributed by atoms with van der Waals surface area (Å²) < 4.78 is 9.35. The van der Waals surface area contributed by atoms with E-state index < -0.39 is 0 Å². The number of rotatable bonds is 12. The normalized spacial score (nSPS) is 11.6. The number of fused-ring (bicyclic) bond motifs is 2. The van der Waals surface area contributed by atoms with Gasteiger partial charge >= 0.3 is 0 Å². The lowest BCUT2D eigenvalue weighted by Crippen LogP contribution is -2.08. The van der Waals surface area contributed by atoms with E-state index in [4.69, 9.17) is 15.9 Å². The molecule has 6 rings (SSSR count). The number of nitrogen functional groups attached to an aromatic ring is 2. The number of carbonyl (C=O) groups excluding carboxylic acids is 2. The molecule has 14 heteroatoms. The third kappa shape index (κ3) is 6.27. The first kappa shape index (κ1) is 27.4. The largest absolute Gasteiger partial charge is 0.460 e. The smallest absolute Gasteiger partial charge is 0.165 e. The predicted octanol–water partition coefficient (Wildman–Crippen LogP) is 2.88. The third-order valence-electron chi connectivity index (χ3n) is 6.85. The fourth-order valence-electron chi connectivity index (χ4n) is 4.61. The number of benzene rings is 1. The van der Waals surface area contributed by atoms with Crippen molar-refractivity contribution in [2.45, 2.75) is 38.8 Å². The van der Waals surface area contributed by atoms with Gasteiger partial charge in [0.2, 0.25) is 0 Å². The highest BCUT2D eigenvalue weighted by atomic mass is 16.3. The van der Waals surface area contributed by atoms with Gasteiger partial charge in [0.05, 0.1) is 31.0 Å². The molecule has 0 unspecified atom stereocenters. The summed E-state index contributed by atoms with van der Waals surface area (Å²) in [5, 5.41) is 0. The van der Waals surface area contributed by atoms with Gasteiger partial charge in [0.15, 0.2) is 22.9 Å². The summed E-state index contributed by atoms with van der Waals surface area (Å²) in [5.74, 6) is 1.82. The Kier molecular flexibility index (Phi) is 7.63. The number of carbonyl (C=O) groups is 2. The Hall–Kier alpha value is -5.79. The first-order chi connectivity index (χ1) is 20.9. The Morgan fingerprint density at radius 2 is 1.33 bits per heavy atom. The number of hydrogen-bond acceptors (Lipinski definition) is 12. The second kappa shape index (κ2) is 12.0. The summed E-state index contributed by atoms with van der Waals surface area (Å²) in [5.41, 5.74) is 15.5. The maximum Gasteiger partial charge on any atom is 0.165 e. The lowest BCUT2D eigenvalue weighted by Gasteiger charge is -2.04. The van der Waals surface area contributed by atoms with Crippen LogP contribution in [0.2, 0.25) is 0 Å². The topological polar surface area (TPSA) is 199 Å². The lowest BCUT2D eigenvalue weighted by molar-refractivity contribution is -0.119. The molecule has 0 aliphatic rings. The van der Waals surface area contributed by atoms with Crippen molar-refractivity contribution in [3.05, 3.63) is 78.8 Å². The predicted molar refractivity (Wildman–Crippen MR) is 159 cm³/mol. The molecule has 0 radical (unpaired) electrons. The number of aryl methyl sites for hydroxylation is 2. The molecule has 0 fully saturated rings. The number of anilines is 2. The first-order valence-electron chi connectivity index (χ1n) is 13.5. The van der Waals surface area contributed by atoms with E-state index >= 15 is 0 Å². The Morgan fingerprint density at radius 3 is 1.93 bits per heavy atom. The van der Waals surface area contributed by atoms with Crippen molar-refractivity contribution >= 4 is 57.4 Å². The summed E-state index contributed by atoms with van der Waals surface area (Å²) >= 11 is 0. The fourth-order valence-corrected chi connectivity index (χ4v) is 4.61. The molecular weight excluding hydrogens is 550 g/mol. The van der Waals surface area contributed by atoms with Crippen molar-refractivity contribution < 1.29 is 14.0 Å². The highest BCUT2D eigenvalue weighted by molar-refractivity contribution is 5.84. The molecule has 5 heterocycles. The summed E-state index contributed by atoms with van der Waals surface area (Å²) in [4.78, 5) is 54.3. The van der Waals surface area contributed by atoms with Crippen molar-refractivity contribution in [3.63, 3.8) is 0 Å². The molecule has 1 aromatic carbocycles. The van der Waals surface area contributed by atoms with E-state index in [9.17, 15) is 9.59 Å². The number of furan rings is 1. The summed E-state index contributed by atoms with van der Waals surface area (Å²) in [6.45, 7) is 0.882.